The Morgan fingerprint density at radius 2 is 1.95 bits per heavy atom. The molecule has 0 bridgehead atoms. The van der Waals surface area contributed by atoms with Crippen molar-refractivity contribution in [3.05, 3.63) is 24.2 Å². The number of nitrogens with one attached hydrogen (secondary N) is 1. The summed E-state index contributed by atoms with van der Waals surface area (Å²) in [4.78, 5) is 11.6. The summed E-state index contributed by atoms with van der Waals surface area (Å²) < 4.78 is 30.8. The van der Waals surface area contributed by atoms with E-state index in [-0.39, 0.29) is 24.0 Å². The highest BCUT2D eigenvalue weighted by Gasteiger charge is 2.22. The van der Waals surface area contributed by atoms with Crippen LogP contribution in [0.1, 0.15) is 36.2 Å². The van der Waals surface area contributed by atoms with E-state index in [1.54, 1.807) is 16.4 Å². The molecule has 7 heteroatoms. The minimum atomic E-state index is -3.28. The third-order valence-electron chi connectivity index (χ3n) is 3.35. The Kier molecular flexibility index (Phi) is 5.19. The van der Waals surface area contributed by atoms with Crippen LogP contribution in [0.2, 0.25) is 0 Å². The van der Waals surface area contributed by atoms with Crippen LogP contribution in [0.25, 0.3) is 0 Å². The van der Waals surface area contributed by atoms with Crippen LogP contribution in [0, 0.1) is 0 Å². The van der Waals surface area contributed by atoms with Crippen molar-refractivity contribution in [1.82, 2.24) is 9.62 Å². The molecule has 0 spiro atoms. The Morgan fingerprint density at radius 3 is 2.55 bits per heavy atom. The molecule has 1 amide bonds. The Labute approximate surface area is 119 Å². The largest absolute Gasteiger partial charge is 0.459 e. The summed E-state index contributed by atoms with van der Waals surface area (Å²) in [5.74, 6) is -0.266. The lowest BCUT2D eigenvalue weighted by Gasteiger charge is -2.19. The average Bonchev–Trinajstić information content (AvgIpc) is 2.80. The van der Waals surface area contributed by atoms with Crippen LogP contribution in [-0.2, 0) is 10.0 Å². The van der Waals surface area contributed by atoms with Gasteiger partial charge in [0.05, 0.1) is 12.0 Å². The second-order valence-electron chi connectivity index (χ2n) is 4.86. The van der Waals surface area contributed by atoms with E-state index in [1.807, 2.05) is 0 Å². The van der Waals surface area contributed by atoms with Crippen LogP contribution in [0.3, 0.4) is 0 Å². The zero-order valence-corrected chi connectivity index (χ0v) is 12.2. The fourth-order valence-electron chi connectivity index (χ4n) is 2.24. The molecule has 0 radical (unpaired) electrons. The first kappa shape index (κ1) is 15.1. The molecule has 2 heterocycles. The number of rotatable bonds is 5. The van der Waals surface area contributed by atoms with Gasteiger partial charge in [-0.1, -0.05) is 12.8 Å². The van der Waals surface area contributed by atoms with Gasteiger partial charge < -0.3 is 9.73 Å². The van der Waals surface area contributed by atoms with E-state index in [2.05, 4.69) is 5.32 Å². The summed E-state index contributed by atoms with van der Waals surface area (Å²) in [6, 6.07) is 3.15. The minimum Gasteiger partial charge on any atom is -0.459 e. The third-order valence-corrected chi connectivity index (χ3v) is 5.22. The first-order chi connectivity index (χ1) is 9.59. The zero-order valence-electron chi connectivity index (χ0n) is 11.4. The van der Waals surface area contributed by atoms with Gasteiger partial charge in [-0.15, -0.1) is 0 Å². The highest BCUT2D eigenvalue weighted by atomic mass is 32.2. The van der Waals surface area contributed by atoms with Crippen LogP contribution < -0.4 is 5.32 Å². The second kappa shape index (κ2) is 6.90. The summed E-state index contributed by atoms with van der Waals surface area (Å²) >= 11 is 0. The van der Waals surface area contributed by atoms with Gasteiger partial charge >= 0.3 is 0 Å². The number of sulfonamides is 1. The molecule has 6 nitrogen and oxygen atoms in total. The van der Waals surface area contributed by atoms with Gasteiger partial charge in [0.2, 0.25) is 10.0 Å². The monoisotopic (exact) mass is 300 g/mol. The van der Waals surface area contributed by atoms with Crippen LogP contribution in [0.5, 0.6) is 0 Å². The molecule has 1 aromatic heterocycles. The number of hydrogen-bond donors (Lipinski definition) is 1. The SMILES string of the molecule is O=C(NCCS(=O)(=O)N1CCCCCC1)c1ccco1. The molecule has 112 valence electrons. The van der Waals surface area contributed by atoms with Crippen LogP contribution in [0.4, 0.5) is 0 Å². The molecule has 1 N–H and O–H groups in total. The summed E-state index contributed by atoms with van der Waals surface area (Å²) in [6.45, 7) is 1.28. The number of carbonyl (C=O) groups is 1. The maximum absolute atomic E-state index is 12.2. The maximum atomic E-state index is 12.2. The third kappa shape index (κ3) is 4.08. The molecular weight excluding hydrogens is 280 g/mol. The van der Waals surface area contributed by atoms with E-state index in [4.69, 9.17) is 4.42 Å². The second-order valence-corrected chi connectivity index (χ2v) is 6.95. The maximum Gasteiger partial charge on any atom is 0.287 e. The van der Waals surface area contributed by atoms with Crippen molar-refractivity contribution in [2.24, 2.45) is 0 Å². The predicted octanol–water partition coefficient (Wildman–Crippen LogP) is 1.22. The summed E-state index contributed by atoms with van der Waals surface area (Å²) in [5.41, 5.74) is 0. The average molecular weight is 300 g/mol. The quantitative estimate of drug-likeness (QED) is 0.886. The molecule has 0 saturated carbocycles. The van der Waals surface area contributed by atoms with Crippen molar-refractivity contribution in [1.29, 1.82) is 0 Å². The summed E-state index contributed by atoms with van der Waals surface area (Å²) in [5, 5.41) is 2.56. The molecule has 2 rings (SSSR count). The standard InChI is InChI=1S/C13H20N2O4S/c16-13(12-6-5-10-19-12)14-7-11-20(17,18)15-8-3-1-2-4-9-15/h5-6,10H,1-4,7-9,11H2,(H,14,16). The van der Waals surface area contributed by atoms with E-state index >= 15 is 0 Å². The van der Waals surface area contributed by atoms with E-state index in [0.29, 0.717) is 13.1 Å². The molecule has 1 saturated heterocycles. The number of amides is 1. The van der Waals surface area contributed by atoms with Gasteiger partial charge in [0.25, 0.3) is 5.91 Å². The van der Waals surface area contributed by atoms with Gasteiger partial charge in [-0.3, -0.25) is 4.79 Å². The fourth-order valence-corrected chi connectivity index (χ4v) is 3.67. The number of carbonyl (C=O) groups excluding carboxylic acids is 1. The fraction of sp³-hybridized carbons (Fsp3) is 0.615. The van der Waals surface area contributed by atoms with E-state index in [0.717, 1.165) is 25.7 Å². The molecule has 0 aliphatic carbocycles. The van der Waals surface area contributed by atoms with Crippen molar-refractivity contribution in [3.63, 3.8) is 0 Å². The number of furan rings is 1. The van der Waals surface area contributed by atoms with Crippen molar-refractivity contribution >= 4 is 15.9 Å². The molecule has 1 aliphatic heterocycles. The zero-order chi connectivity index (χ0) is 14.4. The lowest BCUT2D eigenvalue weighted by atomic mass is 10.2. The molecule has 0 unspecified atom stereocenters. The van der Waals surface area contributed by atoms with Gasteiger partial charge in [0.15, 0.2) is 5.76 Å². The van der Waals surface area contributed by atoms with Crippen LogP contribution >= 0.6 is 0 Å². The van der Waals surface area contributed by atoms with E-state index < -0.39 is 10.0 Å². The van der Waals surface area contributed by atoms with Gasteiger partial charge in [-0.25, -0.2) is 12.7 Å². The Balaban J connectivity index is 1.81. The van der Waals surface area contributed by atoms with Crippen LogP contribution in [-0.4, -0.2) is 44.0 Å². The smallest absolute Gasteiger partial charge is 0.287 e. The van der Waals surface area contributed by atoms with Crippen molar-refractivity contribution in [2.75, 3.05) is 25.4 Å². The van der Waals surface area contributed by atoms with E-state index in [1.165, 1.54) is 6.26 Å². The first-order valence-corrected chi connectivity index (χ1v) is 8.50. The lowest BCUT2D eigenvalue weighted by molar-refractivity contribution is 0.0928. The van der Waals surface area contributed by atoms with Crippen molar-refractivity contribution < 1.29 is 17.6 Å². The van der Waals surface area contributed by atoms with Crippen molar-refractivity contribution in [2.45, 2.75) is 25.7 Å². The molecule has 1 fully saturated rings. The normalized spacial score (nSPS) is 17.6. The van der Waals surface area contributed by atoms with Gasteiger partial charge in [-0.2, -0.15) is 0 Å². The van der Waals surface area contributed by atoms with Gasteiger partial charge in [0.1, 0.15) is 0 Å². The summed E-state index contributed by atoms with van der Waals surface area (Å²) in [7, 11) is -3.28. The molecule has 1 aromatic rings. The molecule has 1 aliphatic rings. The highest BCUT2D eigenvalue weighted by molar-refractivity contribution is 7.89. The number of hydrogen-bond acceptors (Lipinski definition) is 4. The topological polar surface area (TPSA) is 79.6 Å². The Morgan fingerprint density at radius 1 is 1.25 bits per heavy atom. The summed E-state index contributed by atoms with van der Waals surface area (Å²) in [6.07, 6.45) is 5.40. The Bertz CT molecular complexity index is 517. The Hall–Kier alpha value is -1.34. The van der Waals surface area contributed by atoms with Crippen molar-refractivity contribution in [3.8, 4) is 0 Å². The predicted molar refractivity (Wildman–Crippen MR) is 74.9 cm³/mol. The number of nitrogens with zero attached hydrogens (tertiary/aromatic N) is 1. The molecule has 0 aromatic carbocycles. The van der Waals surface area contributed by atoms with Gasteiger partial charge in [0, 0.05) is 19.6 Å². The first-order valence-electron chi connectivity index (χ1n) is 6.89. The molecule has 20 heavy (non-hydrogen) atoms. The van der Waals surface area contributed by atoms with Crippen LogP contribution in [0.15, 0.2) is 22.8 Å². The van der Waals surface area contributed by atoms with E-state index in [9.17, 15) is 13.2 Å². The van der Waals surface area contributed by atoms with Gasteiger partial charge in [-0.05, 0) is 25.0 Å². The molecular formula is C13H20N2O4S. The lowest BCUT2D eigenvalue weighted by Crippen LogP contribution is -2.38. The minimum absolute atomic E-state index is 0.0700. The molecule has 0 atom stereocenters. The highest BCUT2D eigenvalue weighted by Crippen LogP contribution is 2.13.